The Labute approximate surface area is 186 Å². The quantitative estimate of drug-likeness (QED) is 0.687. The normalized spacial score (nSPS) is 23.2. The summed E-state index contributed by atoms with van der Waals surface area (Å²) in [5.74, 6) is -2.50. The first-order valence-electron chi connectivity index (χ1n) is 11.2. The second-order valence-corrected chi connectivity index (χ2v) is 8.64. The molecule has 0 unspecified atom stereocenters. The van der Waals surface area contributed by atoms with Crippen molar-refractivity contribution in [3.05, 3.63) is 35.4 Å². The van der Waals surface area contributed by atoms with Crippen LogP contribution in [0.15, 0.2) is 18.2 Å². The minimum Gasteiger partial charge on any atom is -0.381 e. The van der Waals surface area contributed by atoms with Gasteiger partial charge in [-0.15, -0.1) is 0 Å². The van der Waals surface area contributed by atoms with Crippen LogP contribution in [-0.2, 0) is 14.3 Å². The highest BCUT2D eigenvalue weighted by Crippen LogP contribution is 2.37. The van der Waals surface area contributed by atoms with Crippen molar-refractivity contribution in [1.29, 1.82) is 0 Å². The number of carbonyl (C=O) groups is 3. The fourth-order valence-corrected chi connectivity index (χ4v) is 4.31. The van der Waals surface area contributed by atoms with E-state index in [0.29, 0.717) is 52.1 Å². The van der Waals surface area contributed by atoms with Crippen LogP contribution >= 0.6 is 0 Å². The summed E-state index contributed by atoms with van der Waals surface area (Å²) >= 11 is 0. The molecule has 2 saturated heterocycles. The van der Waals surface area contributed by atoms with E-state index >= 15 is 0 Å². The lowest BCUT2D eigenvalue weighted by atomic mass is 9.73. The average Bonchev–Trinajstić information content (AvgIpc) is 2.76. The molecule has 2 aliphatic rings. The van der Waals surface area contributed by atoms with Gasteiger partial charge in [-0.05, 0) is 51.2 Å². The van der Waals surface area contributed by atoms with Gasteiger partial charge >= 0.3 is 0 Å². The van der Waals surface area contributed by atoms with Gasteiger partial charge in [0.1, 0.15) is 17.7 Å². The van der Waals surface area contributed by atoms with Crippen LogP contribution in [0.5, 0.6) is 0 Å². The lowest BCUT2D eigenvalue weighted by Crippen LogP contribution is -2.54. The molecule has 32 heavy (non-hydrogen) atoms. The topological polar surface area (TPSA) is 87.7 Å². The maximum Gasteiger partial charge on any atom is 0.254 e. The summed E-state index contributed by atoms with van der Waals surface area (Å²) in [6.45, 7) is 3.90. The highest BCUT2D eigenvalue weighted by Gasteiger charge is 2.42. The molecule has 0 radical (unpaired) electrons. The lowest BCUT2D eigenvalue weighted by Gasteiger charge is -2.41. The Bertz CT molecular complexity index is 820. The zero-order valence-corrected chi connectivity index (χ0v) is 18.4. The van der Waals surface area contributed by atoms with Crippen LogP contribution in [-0.4, -0.2) is 61.5 Å². The zero-order chi connectivity index (χ0) is 23.1. The molecule has 2 fully saturated rings. The number of hydrogen-bond donors (Lipinski definition) is 2. The molecule has 0 bridgehead atoms. The van der Waals surface area contributed by atoms with E-state index in [4.69, 9.17) is 4.74 Å². The number of amides is 3. The van der Waals surface area contributed by atoms with Crippen molar-refractivity contribution in [2.75, 3.05) is 32.8 Å². The first-order valence-corrected chi connectivity index (χ1v) is 11.2. The summed E-state index contributed by atoms with van der Waals surface area (Å²) < 4.78 is 32.6. The molecule has 2 N–H and O–H groups in total. The van der Waals surface area contributed by atoms with Crippen LogP contribution in [0.25, 0.3) is 0 Å². The van der Waals surface area contributed by atoms with E-state index in [1.165, 1.54) is 4.90 Å². The number of halogens is 2. The molecule has 1 aromatic rings. The van der Waals surface area contributed by atoms with Crippen molar-refractivity contribution in [1.82, 2.24) is 15.5 Å². The van der Waals surface area contributed by atoms with Gasteiger partial charge in [0.05, 0.1) is 5.41 Å². The fourth-order valence-electron chi connectivity index (χ4n) is 4.31. The van der Waals surface area contributed by atoms with Crippen molar-refractivity contribution < 1.29 is 27.9 Å². The molecule has 9 heteroatoms. The maximum atomic E-state index is 13.5. The molecule has 7 nitrogen and oxygen atoms in total. The van der Waals surface area contributed by atoms with Gasteiger partial charge < -0.3 is 20.3 Å². The van der Waals surface area contributed by atoms with Gasteiger partial charge in [-0.25, -0.2) is 8.78 Å². The first-order chi connectivity index (χ1) is 15.3. The fraction of sp³-hybridized carbons (Fsp3) is 0.609. The number of carbonyl (C=O) groups excluding carboxylic acids is 3. The highest BCUT2D eigenvalue weighted by molar-refractivity contribution is 5.95. The number of ether oxygens (including phenoxy) is 1. The van der Waals surface area contributed by atoms with Crippen molar-refractivity contribution in [2.45, 2.75) is 51.5 Å². The van der Waals surface area contributed by atoms with Crippen LogP contribution in [0.3, 0.4) is 0 Å². The van der Waals surface area contributed by atoms with Crippen LogP contribution in [0, 0.1) is 17.0 Å². The minimum atomic E-state index is -0.804. The Hall–Kier alpha value is -2.55. The van der Waals surface area contributed by atoms with Crippen molar-refractivity contribution in [3.63, 3.8) is 0 Å². The Morgan fingerprint density at radius 3 is 2.38 bits per heavy atom. The van der Waals surface area contributed by atoms with Crippen LogP contribution in [0.4, 0.5) is 8.78 Å². The molecule has 0 saturated carbocycles. The largest absolute Gasteiger partial charge is 0.381 e. The molecule has 1 aromatic carbocycles. The molecule has 1 spiro atoms. The third-order valence-corrected chi connectivity index (χ3v) is 6.30. The molecule has 3 amide bonds. The number of piperidine rings is 1. The molecule has 0 aromatic heterocycles. The Balaban J connectivity index is 1.70. The predicted molar refractivity (Wildman–Crippen MR) is 114 cm³/mol. The Morgan fingerprint density at radius 2 is 1.69 bits per heavy atom. The molecular formula is C23H31F2N3O4. The average molecular weight is 452 g/mol. The molecule has 1 atom stereocenters. The van der Waals surface area contributed by atoms with E-state index in [1.54, 1.807) is 6.92 Å². The number of nitrogens with zero attached hydrogens (tertiary/aromatic N) is 1. The van der Waals surface area contributed by atoms with Gasteiger partial charge in [-0.3, -0.25) is 14.4 Å². The van der Waals surface area contributed by atoms with Crippen molar-refractivity contribution in [2.24, 2.45) is 5.41 Å². The Kier molecular flexibility index (Phi) is 8.17. The zero-order valence-electron chi connectivity index (χ0n) is 18.4. The van der Waals surface area contributed by atoms with Gasteiger partial charge in [0.15, 0.2) is 0 Å². The maximum absolute atomic E-state index is 13.5. The van der Waals surface area contributed by atoms with Gasteiger partial charge in [-0.2, -0.15) is 0 Å². The highest BCUT2D eigenvalue weighted by atomic mass is 19.1. The van der Waals surface area contributed by atoms with Gasteiger partial charge in [0.2, 0.25) is 11.8 Å². The minimum absolute atomic E-state index is 0.0450. The third-order valence-electron chi connectivity index (χ3n) is 6.30. The second kappa shape index (κ2) is 10.8. The third kappa shape index (κ3) is 6.03. The summed E-state index contributed by atoms with van der Waals surface area (Å²) in [5.41, 5.74) is -0.751. The van der Waals surface area contributed by atoms with Crippen molar-refractivity contribution >= 4 is 17.7 Å². The van der Waals surface area contributed by atoms with E-state index in [-0.39, 0.29) is 17.4 Å². The molecule has 176 valence electrons. The molecule has 2 aliphatic heterocycles. The van der Waals surface area contributed by atoms with Crippen molar-refractivity contribution in [3.8, 4) is 0 Å². The lowest BCUT2D eigenvalue weighted by molar-refractivity contribution is -0.137. The van der Waals surface area contributed by atoms with E-state index < -0.39 is 29.0 Å². The van der Waals surface area contributed by atoms with E-state index in [9.17, 15) is 23.2 Å². The number of nitrogens with one attached hydrogen (secondary N) is 2. The summed E-state index contributed by atoms with van der Waals surface area (Å²) in [7, 11) is 0. The monoisotopic (exact) mass is 451 g/mol. The van der Waals surface area contributed by atoms with E-state index in [1.807, 2.05) is 0 Å². The standard InChI is InChI=1S/C23H31F2N3O4/c1-16-20(29)26-8-4-12-32-11-3-2-5-23(22(31)27-16)6-9-28(10-7-23)21(30)17-13-18(24)15-19(25)14-17/h13-16H,2-12H2,1H3,(H,26,29)(H,27,31)/t16-/m0/s1. The number of benzene rings is 1. The number of hydrogen-bond acceptors (Lipinski definition) is 4. The SMILES string of the molecule is C[C@@H]1NC(=O)C2(CCCCOCCCNC1=O)CCN(C(=O)c1cc(F)cc(F)c1)CC2. The molecule has 2 heterocycles. The summed E-state index contributed by atoms with van der Waals surface area (Å²) in [6.07, 6.45) is 3.77. The molecule has 3 rings (SSSR count). The van der Waals surface area contributed by atoms with E-state index in [2.05, 4.69) is 10.6 Å². The summed E-state index contributed by atoms with van der Waals surface area (Å²) in [4.78, 5) is 39.8. The van der Waals surface area contributed by atoms with E-state index in [0.717, 1.165) is 37.5 Å². The summed E-state index contributed by atoms with van der Waals surface area (Å²) in [6, 6.07) is 2.09. The number of likely N-dealkylation sites (tertiary alicyclic amines) is 1. The van der Waals surface area contributed by atoms with Gasteiger partial charge in [0.25, 0.3) is 5.91 Å². The Morgan fingerprint density at radius 1 is 1.03 bits per heavy atom. The van der Waals surface area contributed by atoms with Crippen LogP contribution in [0.2, 0.25) is 0 Å². The predicted octanol–water partition coefficient (Wildman–Crippen LogP) is 2.40. The van der Waals surface area contributed by atoms with Crippen LogP contribution in [0.1, 0.15) is 55.8 Å². The second-order valence-electron chi connectivity index (χ2n) is 8.64. The van der Waals surface area contributed by atoms with Gasteiger partial charge in [-0.1, -0.05) is 6.42 Å². The molecular weight excluding hydrogens is 420 g/mol. The van der Waals surface area contributed by atoms with Gasteiger partial charge in [0, 0.05) is 44.5 Å². The summed E-state index contributed by atoms with van der Waals surface area (Å²) in [5, 5.41) is 5.65. The molecule has 0 aliphatic carbocycles. The van der Waals surface area contributed by atoms with Crippen LogP contribution < -0.4 is 10.6 Å². The smallest absolute Gasteiger partial charge is 0.254 e. The number of rotatable bonds is 1. The first kappa shape index (κ1) is 24.1.